The number of carbonyl (C=O) groups is 1. The van der Waals surface area contributed by atoms with Crippen LogP contribution in [0.5, 0.6) is 0 Å². The summed E-state index contributed by atoms with van der Waals surface area (Å²) < 4.78 is 2.10. The minimum absolute atomic E-state index is 0.0997. The first kappa shape index (κ1) is 8.94. The molecule has 15 heavy (non-hydrogen) atoms. The summed E-state index contributed by atoms with van der Waals surface area (Å²) in [6.45, 7) is 0.789. The molecule has 5 heteroatoms. The first-order chi connectivity index (χ1) is 7.28. The van der Waals surface area contributed by atoms with Gasteiger partial charge in [0.05, 0.1) is 23.0 Å². The number of hydrogen-bond donors (Lipinski definition) is 1. The standard InChI is InChI=1S/C10H9N3OS/c11-9-4-13-8-2-1-6(5-14)3-7(8)12-10(13)15-9/h1-3,5,9H,4,11H2. The molecule has 1 aromatic carbocycles. The van der Waals surface area contributed by atoms with Gasteiger partial charge in [0.1, 0.15) is 6.29 Å². The van der Waals surface area contributed by atoms with Gasteiger partial charge in [-0.1, -0.05) is 11.8 Å². The Kier molecular flexibility index (Phi) is 1.83. The van der Waals surface area contributed by atoms with E-state index in [0.717, 1.165) is 29.0 Å². The molecule has 0 bridgehead atoms. The van der Waals surface area contributed by atoms with Gasteiger partial charge in [-0.15, -0.1) is 0 Å². The summed E-state index contributed by atoms with van der Waals surface area (Å²) in [5, 5.41) is 1.04. The highest BCUT2D eigenvalue weighted by atomic mass is 32.2. The molecule has 1 aromatic heterocycles. The van der Waals surface area contributed by atoms with Gasteiger partial charge in [-0.25, -0.2) is 4.98 Å². The van der Waals surface area contributed by atoms with Gasteiger partial charge in [-0.2, -0.15) is 0 Å². The molecule has 0 fully saturated rings. The summed E-state index contributed by atoms with van der Waals surface area (Å²) in [6.07, 6.45) is 0.836. The number of nitrogens with zero attached hydrogens (tertiary/aromatic N) is 2. The number of rotatable bonds is 1. The lowest BCUT2D eigenvalue weighted by Gasteiger charge is -2.00. The van der Waals surface area contributed by atoms with Crippen LogP contribution in [0.15, 0.2) is 23.4 Å². The van der Waals surface area contributed by atoms with Gasteiger partial charge in [0.15, 0.2) is 5.16 Å². The van der Waals surface area contributed by atoms with Gasteiger partial charge >= 0.3 is 0 Å². The predicted molar refractivity (Wildman–Crippen MR) is 59.0 cm³/mol. The van der Waals surface area contributed by atoms with Crippen LogP contribution in [0.3, 0.4) is 0 Å². The van der Waals surface area contributed by atoms with Crippen LogP contribution < -0.4 is 5.73 Å². The van der Waals surface area contributed by atoms with Gasteiger partial charge in [-0.05, 0) is 18.2 Å². The number of carbonyl (C=O) groups excluding carboxylic acids is 1. The van der Waals surface area contributed by atoms with Crippen molar-refractivity contribution in [3.8, 4) is 0 Å². The molecule has 4 nitrogen and oxygen atoms in total. The second kappa shape index (κ2) is 3.08. The largest absolute Gasteiger partial charge is 0.317 e. The van der Waals surface area contributed by atoms with Crippen molar-refractivity contribution < 1.29 is 4.79 Å². The van der Waals surface area contributed by atoms with Crippen LogP contribution in [-0.2, 0) is 6.54 Å². The lowest BCUT2D eigenvalue weighted by Crippen LogP contribution is -2.15. The zero-order valence-corrected chi connectivity index (χ0v) is 8.70. The molecular formula is C10H9N3OS. The number of thioether (sulfide) groups is 1. The third-order valence-electron chi connectivity index (χ3n) is 2.49. The maximum absolute atomic E-state index is 10.6. The van der Waals surface area contributed by atoms with E-state index in [9.17, 15) is 4.79 Å². The van der Waals surface area contributed by atoms with Crippen molar-refractivity contribution in [2.24, 2.45) is 5.73 Å². The molecule has 0 amide bonds. The number of benzene rings is 1. The molecule has 0 spiro atoms. The predicted octanol–water partition coefficient (Wildman–Crippen LogP) is 1.24. The lowest BCUT2D eigenvalue weighted by molar-refractivity contribution is 0.112. The van der Waals surface area contributed by atoms with E-state index in [0.29, 0.717) is 5.56 Å². The van der Waals surface area contributed by atoms with E-state index in [1.165, 1.54) is 0 Å². The fourth-order valence-electron chi connectivity index (χ4n) is 1.82. The number of fused-ring (bicyclic) bond motifs is 3. The monoisotopic (exact) mass is 219 g/mol. The molecule has 1 unspecified atom stereocenters. The molecule has 2 aromatic rings. The molecule has 2 N–H and O–H groups in total. The average molecular weight is 219 g/mol. The minimum atomic E-state index is 0.0997. The summed E-state index contributed by atoms with van der Waals surface area (Å²) in [4.78, 5) is 15.1. The Hall–Kier alpha value is -1.33. The normalized spacial score (nSPS) is 19.4. The van der Waals surface area contributed by atoms with Crippen molar-refractivity contribution in [2.45, 2.75) is 17.1 Å². The van der Waals surface area contributed by atoms with Crippen LogP contribution in [0.2, 0.25) is 0 Å². The number of nitrogens with two attached hydrogens (primary N) is 1. The maximum Gasteiger partial charge on any atom is 0.170 e. The van der Waals surface area contributed by atoms with E-state index in [4.69, 9.17) is 5.73 Å². The molecule has 0 radical (unpaired) electrons. The molecule has 2 heterocycles. The van der Waals surface area contributed by atoms with Crippen molar-refractivity contribution in [3.05, 3.63) is 23.8 Å². The average Bonchev–Trinajstić information content (AvgIpc) is 2.72. The Bertz CT molecular complexity index is 549. The van der Waals surface area contributed by atoms with Crippen molar-refractivity contribution in [3.63, 3.8) is 0 Å². The zero-order valence-electron chi connectivity index (χ0n) is 7.88. The number of aromatic nitrogens is 2. The lowest BCUT2D eigenvalue weighted by atomic mass is 10.2. The fraction of sp³-hybridized carbons (Fsp3) is 0.200. The van der Waals surface area contributed by atoms with Gasteiger partial charge in [0.2, 0.25) is 0 Å². The fourth-order valence-corrected chi connectivity index (χ4v) is 2.76. The highest BCUT2D eigenvalue weighted by Gasteiger charge is 2.22. The van der Waals surface area contributed by atoms with E-state index in [1.54, 1.807) is 23.9 Å². The molecule has 1 aliphatic heterocycles. The topological polar surface area (TPSA) is 60.9 Å². The third kappa shape index (κ3) is 1.27. The molecular weight excluding hydrogens is 210 g/mol. The van der Waals surface area contributed by atoms with Crippen LogP contribution in [0.25, 0.3) is 11.0 Å². The Morgan fingerprint density at radius 1 is 1.60 bits per heavy atom. The highest BCUT2D eigenvalue weighted by Crippen LogP contribution is 2.32. The van der Waals surface area contributed by atoms with E-state index in [2.05, 4.69) is 9.55 Å². The van der Waals surface area contributed by atoms with Crippen molar-refractivity contribution >= 4 is 29.1 Å². The summed E-state index contributed by atoms with van der Waals surface area (Å²) in [7, 11) is 0. The van der Waals surface area contributed by atoms with Crippen molar-refractivity contribution in [2.75, 3.05) is 0 Å². The Morgan fingerprint density at radius 3 is 3.27 bits per heavy atom. The van der Waals surface area contributed by atoms with E-state index < -0.39 is 0 Å². The Balaban J connectivity index is 2.23. The number of hydrogen-bond acceptors (Lipinski definition) is 4. The maximum atomic E-state index is 10.6. The quantitative estimate of drug-likeness (QED) is 0.733. The summed E-state index contributed by atoms with van der Waals surface area (Å²) in [5.74, 6) is 0. The van der Waals surface area contributed by atoms with E-state index in [1.807, 2.05) is 6.07 Å². The molecule has 0 saturated carbocycles. The summed E-state index contributed by atoms with van der Waals surface area (Å²) >= 11 is 1.57. The Morgan fingerprint density at radius 2 is 2.47 bits per heavy atom. The second-order valence-corrected chi connectivity index (χ2v) is 4.73. The molecule has 1 atom stereocenters. The third-order valence-corrected chi connectivity index (χ3v) is 3.47. The van der Waals surface area contributed by atoms with Crippen LogP contribution in [0, 0.1) is 0 Å². The zero-order chi connectivity index (χ0) is 10.4. The summed E-state index contributed by atoms with van der Waals surface area (Å²) in [6, 6.07) is 5.53. The van der Waals surface area contributed by atoms with E-state index >= 15 is 0 Å². The van der Waals surface area contributed by atoms with Gasteiger partial charge in [0.25, 0.3) is 0 Å². The minimum Gasteiger partial charge on any atom is -0.317 e. The van der Waals surface area contributed by atoms with Crippen LogP contribution >= 0.6 is 11.8 Å². The SMILES string of the molecule is NC1Cn2c(nc3cc(C=O)ccc32)S1. The second-order valence-electron chi connectivity index (χ2n) is 3.53. The summed E-state index contributed by atoms with van der Waals surface area (Å²) in [5.41, 5.74) is 8.40. The van der Waals surface area contributed by atoms with Crippen molar-refractivity contribution in [1.82, 2.24) is 9.55 Å². The molecule has 3 rings (SSSR count). The highest BCUT2D eigenvalue weighted by molar-refractivity contribution is 7.99. The number of imidazole rings is 1. The molecule has 76 valence electrons. The smallest absolute Gasteiger partial charge is 0.170 e. The molecule has 1 aliphatic rings. The van der Waals surface area contributed by atoms with Crippen LogP contribution in [-0.4, -0.2) is 21.2 Å². The van der Waals surface area contributed by atoms with Crippen molar-refractivity contribution in [1.29, 1.82) is 0 Å². The van der Waals surface area contributed by atoms with Crippen LogP contribution in [0.4, 0.5) is 0 Å². The first-order valence-electron chi connectivity index (χ1n) is 4.65. The van der Waals surface area contributed by atoms with Crippen LogP contribution in [0.1, 0.15) is 10.4 Å². The van der Waals surface area contributed by atoms with E-state index in [-0.39, 0.29) is 5.37 Å². The Labute approximate surface area is 90.5 Å². The number of aldehydes is 1. The van der Waals surface area contributed by atoms with Gasteiger partial charge in [-0.3, -0.25) is 4.79 Å². The molecule has 0 saturated heterocycles. The molecule has 0 aliphatic carbocycles. The van der Waals surface area contributed by atoms with Gasteiger partial charge < -0.3 is 10.3 Å². The van der Waals surface area contributed by atoms with Gasteiger partial charge in [0, 0.05) is 5.56 Å². The first-order valence-corrected chi connectivity index (χ1v) is 5.53.